The van der Waals surface area contributed by atoms with Crippen LogP contribution in [0.1, 0.15) is 120 Å². The van der Waals surface area contributed by atoms with E-state index < -0.39 is 5.56 Å². The van der Waals surface area contributed by atoms with Crippen molar-refractivity contribution in [1.29, 1.82) is 5.26 Å². The molecule has 1 aromatic carbocycles. The van der Waals surface area contributed by atoms with Crippen LogP contribution < -0.4 is 10.6 Å². The molecule has 0 aliphatic carbocycles. The van der Waals surface area contributed by atoms with Crippen LogP contribution >= 0.6 is 0 Å². The Balaban J connectivity index is 2.61. The number of carbonyl (C=O) groups excluding carboxylic acids is 1. The van der Waals surface area contributed by atoms with Gasteiger partial charge in [0.15, 0.2) is 5.69 Å². The fourth-order valence-corrected chi connectivity index (χ4v) is 4.76. The Labute approximate surface area is 251 Å². The van der Waals surface area contributed by atoms with Crippen LogP contribution in [0, 0.1) is 11.3 Å². The first-order chi connectivity index (χ1) is 20.4. The normalized spacial score (nSPS) is 11.1. The molecule has 0 saturated carbocycles. The van der Waals surface area contributed by atoms with Crippen LogP contribution in [0.2, 0.25) is 0 Å². The van der Waals surface area contributed by atoms with Gasteiger partial charge in [0.2, 0.25) is 5.88 Å². The molecule has 0 saturated heterocycles. The highest BCUT2D eigenvalue weighted by atomic mass is 16.3. The predicted octanol–water partition coefficient (Wildman–Crippen LogP) is 7.76. The van der Waals surface area contributed by atoms with Crippen molar-refractivity contribution in [3.63, 3.8) is 0 Å². The van der Waals surface area contributed by atoms with Gasteiger partial charge in [-0.15, -0.1) is 5.11 Å². The van der Waals surface area contributed by atoms with E-state index >= 15 is 0 Å². The van der Waals surface area contributed by atoms with Crippen LogP contribution in [0.5, 0.6) is 5.88 Å². The summed E-state index contributed by atoms with van der Waals surface area (Å²) in [5.41, 5.74) is 0.994. The summed E-state index contributed by atoms with van der Waals surface area (Å²) < 4.78 is 1.22. The average Bonchev–Trinajstić information content (AvgIpc) is 3.00. The molecular formula is C33H50N6O3. The molecule has 1 amide bonds. The zero-order valence-corrected chi connectivity index (χ0v) is 26.4. The monoisotopic (exact) mass is 578 g/mol. The van der Waals surface area contributed by atoms with Gasteiger partial charge in [0, 0.05) is 37.3 Å². The zero-order valence-electron chi connectivity index (χ0n) is 26.4. The average molecular weight is 579 g/mol. The Morgan fingerprint density at radius 1 is 0.881 bits per heavy atom. The zero-order chi connectivity index (χ0) is 30.9. The summed E-state index contributed by atoms with van der Waals surface area (Å²) in [6.07, 6.45) is 9.41. The first-order valence-electron chi connectivity index (χ1n) is 15.8. The molecule has 2 rings (SSSR count). The lowest BCUT2D eigenvalue weighted by atomic mass is 10.0. The number of rotatable bonds is 19. The van der Waals surface area contributed by atoms with Crippen molar-refractivity contribution in [1.82, 2.24) is 9.58 Å². The van der Waals surface area contributed by atoms with Gasteiger partial charge in [0.05, 0.1) is 5.69 Å². The number of amides is 1. The number of hydrogen-bond acceptors (Lipinski definition) is 7. The number of azo groups is 1. The van der Waals surface area contributed by atoms with Crippen LogP contribution in [0.25, 0.3) is 0 Å². The Hall–Kier alpha value is -3.67. The molecular weight excluding hydrogens is 528 g/mol. The van der Waals surface area contributed by atoms with E-state index in [1.807, 2.05) is 16.8 Å². The minimum absolute atomic E-state index is 0.0427. The van der Waals surface area contributed by atoms with Crippen LogP contribution in [-0.4, -0.2) is 46.8 Å². The van der Waals surface area contributed by atoms with E-state index in [4.69, 9.17) is 0 Å². The molecule has 1 aromatic heterocycles. The number of aromatic nitrogens is 1. The summed E-state index contributed by atoms with van der Waals surface area (Å²) >= 11 is 0. The highest BCUT2D eigenvalue weighted by molar-refractivity contribution is 5.95. The Morgan fingerprint density at radius 2 is 1.45 bits per heavy atom. The van der Waals surface area contributed by atoms with E-state index in [9.17, 15) is 20.0 Å². The van der Waals surface area contributed by atoms with E-state index in [1.54, 1.807) is 24.3 Å². The minimum atomic E-state index is -0.494. The van der Waals surface area contributed by atoms with Crippen molar-refractivity contribution >= 4 is 17.3 Å². The summed E-state index contributed by atoms with van der Waals surface area (Å²) in [6.45, 7) is 12.9. The van der Waals surface area contributed by atoms with Gasteiger partial charge in [-0.1, -0.05) is 72.8 Å². The summed E-state index contributed by atoms with van der Waals surface area (Å²) in [6, 6.07) is 9.11. The number of benzene rings is 1. The lowest BCUT2D eigenvalue weighted by molar-refractivity contribution is 0.0751. The number of hydrogen-bond donors (Lipinski definition) is 1. The fourth-order valence-electron chi connectivity index (χ4n) is 4.76. The highest BCUT2D eigenvalue weighted by Gasteiger charge is 2.25. The van der Waals surface area contributed by atoms with Gasteiger partial charge in [-0.25, -0.2) is 0 Å². The SMILES string of the molecule is CCCCc1c(C#N)c(O)n(N(CCCC)CCCC)c(=O)c1N=Nc1cccc(C(=O)N(CCCC)CCCC)c1. The third-order valence-corrected chi connectivity index (χ3v) is 7.33. The second-order valence-corrected chi connectivity index (χ2v) is 10.8. The van der Waals surface area contributed by atoms with Gasteiger partial charge in [-0.2, -0.15) is 15.1 Å². The number of nitrogens with zero attached hydrogens (tertiary/aromatic N) is 6. The van der Waals surface area contributed by atoms with Crippen molar-refractivity contribution in [2.24, 2.45) is 10.2 Å². The highest BCUT2D eigenvalue weighted by Crippen LogP contribution is 2.30. The van der Waals surface area contributed by atoms with Gasteiger partial charge in [0.25, 0.3) is 11.5 Å². The maximum absolute atomic E-state index is 13.9. The van der Waals surface area contributed by atoms with Gasteiger partial charge >= 0.3 is 0 Å². The first kappa shape index (κ1) is 34.5. The van der Waals surface area contributed by atoms with E-state index in [-0.39, 0.29) is 23.0 Å². The van der Waals surface area contributed by atoms with E-state index in [0.717, 1.165) is 64.2 Å². The molecule has 42 heavy (non-hydrogen) atoms. The van der Waals surface area contributed by atoms with Crippen molar-refractivity contribution < 1.29 is 9.90 Å². The lowest BCUT2D eigenvalue weighted by Gasteiger charge is -2.28. The molecule has 0 unspecified atom stereocenters. The molecule has 0 fully saturated rings. The molecule has 0 aliphatic heterocycles. The molecule has 0 atom stereocenters. The summed E-state index contributed by atoms with van der Waals surface area (Å²) in [4.78, 5) is 29.2. The summed E-state index contributed by atoms with van der Waals surface area (Å²) in [5.74, 6) is -0.384. The van der Waals surface area contributed by atoms with Crippen molar-refractivity contribution in [3.8, 4) is 11.9 Å². The van der Waals surface area contributed by atoms with Gasteiger partial charge in [-0.3, -0.25) is 9.59 Å². The van der Waals surface area contributed by atoms with Crippen molar-refractivity contribution in [2.75, 3.05) is 31.2 Å². The second kappa shape index (κ2) is 18.7. The van der Waals surface area contributed by atoms with Crippen molar-refractivity contribution in [3.05, 3.63) is 51.3 Å². The number of nitriles is 1. The molecule has 9 nitrogen and oxygen atoms in total. The smallest absolute Gasteiger partial charge is 0.300 e. The van der Waals surface area contributed by atoms with Crippen LogP contribution in [-0.2, 0) is 6.42 Å². The largest absolute Gasteiger partial charge is 0.492 e. The summed E-state index contributed by atoms with van der Waals surface area (Å²) in [7, 11) is 0. The number of aromatic hydroxyl groups is 1. The van der Waals surface area contributed by atoms with Crippen LogP contribution in [0.15, 0.2) is 39.3 Å². The minimum Gasteiger partial charge on any atom is -0.492 e. The van der Waals surface area contributed by atoms with Gasteiger partial charge in [-0.05, 0) is 56.7 Å². The van der Waals surface area contributed by atoms with E-state index in [2.05, 4.69) is 44.0 Å². The third kappa shape index (κ3) is 9.43. The van der Waals surface area contributed by atoms with Gasteiger partial charge < -0.3 is 15.0 Å². The molecule has 0 bridgehead atoms. The second-order valence-electron chi connectivity index (χ2n) is 10.8. The number of carbonyl (C=O) groups is 1. The quantitative estimate of drug-likeness (QED) is 0.171. The molecule has 0 radical (unpaired) electrons. The van der Waals surface area contributed by atoms with E-state index in [0.29, 0.717) is 49.4 Å². The standard InChI is InChI=1S/C33H50N6O3/c1-6-11-19-28-29(25-34)32(41)39(38(22-14-9-4)23-15-10-5)33(42)30(28)36-35-27-18-16-17-26(24-27)31(40)37(20-12-7-2)21-13-8-3/h16-18,24,41H,6-15,19-23H2,1-5H3. The third-order valence-electron chi connectivity index (χ3n) is 7.33. The van der Waals surface area contributed by atoms with Crippen LogP contribution in [0.3, 0.4) is 0 Å². The topological polar surface area (TPSA) is 114 Å². The fraction of sp³-hybridized carbons (Fsp3) is 0.606. The molecule has 9 heteroatoms. The maximum Gasteiger partial charge on any atom is 0.300 e. The van der Waals surface area contributed by atoms with Gasteiger partial charge in [0.1, 0.15) is 11.6 Å². The molecule has 1 N–H and O–H groups in total. The number of unbranched alkanes of at least 4 members (excludes halogenated alkanes) is 5. The Morgan fingerprint density at radius 3 is 2.00 bits per heavy atom. The molecule has 0 aliphatic rings. The summed E-state index contributed by atoms with van der Waals surface area (Å²) in [5, 5.41) is 31.9. The Kier molecular flexibility index (Phi) is 15.4. The maximum atomic E-state index is 13.9. The Bertz CT molecular complexity index is 1250. The predicted molar refractivity (Wildman–Crippen MR) is 170 cm³/mol. The first-order valence-corrected chi connectivity index (χ1v) is 15.8. The van der Waals surface area contributed by atoms with Crippen molar-refractivity contribution in [2.45, 2.75) is 105 Å². The van der Waals surface area contributed by atoms with Crippen LogP contribution in [0.4, 0.5) is 11.4 Å². The number of pyridine rings is 1. The lowest BCUT2D eigenvalue weighted by Crippen LogP contribution is -2.44. The van der Waals surface area contributed by atoms with E-state index in [1.165, 1.54) is 4.68 Å². The molecule has 2 aromatic rings. The molecule has 1 heterocycles. The molecule has 230 valence electrons. The molecule has 0 spiro atoms.